The van der Waals surface area contributed by atoms with Crippen LogP contribution in [-0.4, -0.2) is 28.7 Å². The Balaban J connectivity index is 0.000000543. The summed E-state index contributed by atoms with van der Waals surface area (Å²) in [7, 11) is 0. The molecule has 0 aromatic rings. The second kappa shape index (κ2) is 26.3. The molecule has 0 spiro atoms. The van der Waals surface area contributed by atoms with Gasteiger partial charge in [0.25, 0.3) is 0 Å². The molecule has 0 radical (unpaired) electrons. The number of hydrogen-bond acceptors (Lipinski definition) is 3. The second-order valence-corrected chi connectivity index (χ2v) is 20.3. The van der Waals surface area contributed by atoms with Crippen LogP contribution in [0.4, 0.5) is 0 Å². The van der Waals surface area contributed by atoms with Crippen molar-refractivity contribution in [1.29, 1.82) is 0 Å². The van der Waals surface area contributed by atoms with E-state index in [-0.39, 0.29) is 28.5 Å². The molecule has 0 saturated carbocycles. The third kappa shape index (κ3) is 20.2. The van der Waals surface area contributed by atoms with E-state index in [4.69, 9.17) is 0 Å². The first-order valence-corrected chi connectivity index (χ1v) is 23.2. The predicted molar refractivity (Wildman–Crippen MR) is 276 cm³/mol. The molecule has 3 rings (SSSR count). The molecule has 0 aromatic carbocycles. The van der Waals surface area contributed by atoms with E-state index < -0.39 is 0 Å². The summed E-state index contributed by atoms with van der Waals surface area (Å²) >= 11 is 0. The Morgan fingerprint density at radius 1 is 0.571 bits per heavy atom. The highest BCUT2D eigenvalue weighted by Gasteiger charge is 2.34. The summed E-state index contributed by atoms with van der Waals surface area (Å²) < 4.78 is 0. The highest BCUT2D eigenvalue weighted by Crippen LogP contribution is 2.43. The Kier molecular flexibility index (Phi) is 22.8. The molecular weight excluding hydrogens is 769 g/mol. The number of carbonyl (C=O) groups is 1. The summed E-state index contributed by atoms with van der Waals surface area (Å²) in [5, 5.41) is 20.2. The largest absolute Gasteiger partial charge is 0.393 e. The van der Waals surface area contributed by atoms with Crippen LogP contribution in [0.15, 0.2) is 189 Å². The van der Waals surface area contributed by atoms with Crippen molar-refractivity contribution in [3.05, 3.63) is 189 Å². The first kappa shape index (κ1) is 54.6. The number of allylic oxidation sites excluding steroid dienone is 30. The molecule has 63 heavy (non-hydrogen) atoms. The maximum Gasteiger partial charge on any atom is 0.143 e. The van der Waals surface area contributed by atoms with E-state index in [0.29, 0.717) is 5.92 Å². The number of rotatable bonds is 15. The Bertz CT molecular complexity index is 2070. The van der Waals surface area contributed by atoms with Crippen molar-refractivity contribution < 1.29 is 15.0 Å². The van der Waals surface area contributed by atoms with Crippen LogP contribution in [0.3, 0.4) is 0 Å². The molecule has 0 aromatic heterocycles. The van der Waals surface area contributed by atoms with E-state index in [1.54, 1.807) is 6.08 Å². The molecule has 0 heterocycles. The van der Waals surface area contributed by atoms with E-state index in [1.165, 1.54) is 75.0 Å². The minimum Gasteiger partial charge on any atom is -0.393 e. The maximum atomic E-state index is 10.3. The van der Waals surface area contributed by atoms with E-state index in [0.717, 1.165) is 31.1 Å². The van der Waals surface area contributed by atoms with Crippen molar-refractivity contribution in [3.63, 3.8) is 0 Å². The van der Waals surface area contributed by atoms with E-state index >= 15 is 0 Å². The Labute approximate surface area is 385 Å². The molecule has 0 saturated heterocycles. The second-order valence-electron chi connectivity index (χ2n) is 20.3. The number of carbonyl (C=O) groups excluding carboxylic acids is 1. The van der Waals surface area contributed by atoms with Crippen LogP contribution >= 0.6 is 0 Å². The van der Waals surface area contributed by atoms with Gasteiger partial charge in [0.15, 0.2) is 0 Å². The van der Waals surface area contributed by atoms with Crippen molar-refractivity contribution in [1.82, 2.24) is 0 Å². The Hall–Kier alpha value is -4.57. The predicted octanol–water partition coefficient (Wildman–Crippen LogP) is 16.1. The van der Waals surface area contributed by atoms with Crippen LogP contribution in [0.25, 0.3) is 0 Å². The lowest BCUT2D eigenvalue weighted by Gasteiger charge is -2.38. The minimum atomic E-state index is -0.331. The molecule has 342 valence electrons. The van der Waals surface area contributed by atoms with Gasteiger partial charge in [-0.05, 0) is 140 Å². The lowest BCUT2D eigenvalue weighted by molar-refractivity contribution is -0.104. The summed E-state index contributed by atoms with van der Waals surface area (Å²) in [5.41, 5.74) is 14.2. The smallest absolute Gasteiger partial charge is 0.143 e. The van der Waals surface area contributed by atoms with Crippen LogP contribution in [0, 0.1) is 22.2 Å². The van der Waals surface area contributed by atoms with E-state index in [9.17, 15) is 15.0 Å². The van der Waals surface area contributed by atoms with Gasteiger partial charge in [-0.2, -0.15) is 0 Å². The lowest BCUT2D eigenvalue weighted by atomic mass is 9.67. The molecule has 2 N–H and O–H groups in total. The van der Waals surface area contributed by atoms with E-state index in [1.807, 2.05) is 25.2 Å². The van der Waals surface area contributed by atoms with Crippen molar-refractivity contribution in [2.45, 2.75) is 155 Å². The van der Waals surface area contributed by atoms with Crippen LogP contribution in [0.5, 0.6) is 0 Å². The van der Waals surface area contributed by atoms with Crippen LogP contribution in [0.2, 0.25) is 0 Å². The quantitative estimate of drug-likeness (QED) is 0.0747. The topological polar surface area (TPSA) is 57.5 Å². The standard InChI is InChI=1S/C40H56O2.C20H28O/c1-29(17-13-19-31(3)21-23-37-33(5)25-35(41)27-39(37,7)8)15-11-12-16-30(2)18-14-20-32(4)22-24-38-34(6)26-36(42)28-40(38,9)10;1-16(8-6-9-17(2)13-15-21)11-12-19-18(3)10-7-14-20(19,4)5/h11-25,35-37,41-42H,26-28H2,1-10H3;6,8-9,11-13,15H,7,10,14H2,1-5H3/b12-11+,17-13+,18-14+,23-21+,24-22+,29-15+,30-16+,31-19+,32-20+;9-6+,12-11+,16-8+,17-13+/t35-,36+,37-;/m0./s1. The molecule has 3 nitrogen and oxygen atoms in total. The van der Waals surface area contributed by atoms with Gasteiger partial charge in [-0.1, -0.05) is 208 Å². The summed E-state index contributed by atoms with van der Waals surface area (Å²) in [6, 6.07) is 0. The van der Waals surface area contributed by atoms with Crippen molar-refractivity contribution >= 4 is 6.29 Å². The Morgan fingerprint density at radius 2 is 1.02 bits per heavy atom. The third-order valence-electron chi connectivity index (χ3n) is 12.4. The minimum absolute atomic E-state index is 0.00528. The van der Waals surface area contributed by atoms with Gasteiger partial charge in [-0.25, -0.2) is 0 Å². The van der Waals surface area contributed by atoms with E-state index in [2.05, 4.69) is 200 Å². The molecule has 0 bridgehead atoms. The van der Waals surface area contributed by atoms with Gasteiger partial charge >= 0.3 is 0 Å². The van der Waals surface area contributed by atoms with Crippen molar-refractivity contribution in [3.8, 4) is 0 Å². The van der Waals surface area contributed by atoms with Gasteiger partial charge in [0.2, 0.25) is 0 Å². The summed E-state index contributed by atoms with van der Waals surface area (Å²) in [5.74, 6) is 0.348. The van der Waals surface area contributed by atoms with Crippen LogP contribution in [-0.2, 0) is 4.79 Å². The summed E-state index contributed by atoms with van der Waals surface area (Å²) in [6.45, 7) is 32.6. The van der Waals surface area contributed by atoms with Crippen molar-refractivity contribution in [2.75, 3.05) is 0 Å². The molecule has 0 amide bonds. The average molecular weight is 853 g/mol. The van der Waals surface area contributed by atoms with Gasteiger partial charge in [-0.3, -0.25) is 4.79 Å². The van der Waals surface area contributed by atoms with Crippen molar-refractivity contribution in [2.24, 2.45) is 22.2 Å². The molecule has 3 aliphatic rings. The highest BCUT2D eigenvalue weighted by atomic mass is 16.3. The van der Waals surface area contributed by atoms with Crippen LogP contribution in [0.1, 0.15) is 142 Å². The number of aliphatic hydroxyl groups excluding tert-OH is 2. The zero-order valence-electron chi connectivity index (χ0n) is 42.0. The van der Waals surface area contributed by atoms with Gasteiger partial charge in [0, 0.05) is 5.92 Å². The number of aldehydes is 1. The van der Waals surface area contributed by atoms with Gasteiger partial charge in [0.1, 0.15) is 6.29 Å². The fraction of sp³-hybridized carbons (Fsp3) is 0.450. The average Bonchev–Trinajstić information content (AvgIpc) is 3.15. The summed E-state index contributed by atoms with van der Waals surface area (Å²) in [4.78, 5) is 10.3. The Morgan fingerprint density at radius 3 is 1.48 bits per heavy atom. The summed E-state index contributed by atoms with van der Waals surface area (Å²) in [6.07, 6.45) is 50.4. The normalized spacial score (nSPS) is 24.6. The zero-order valence-corrected chi connectivity index (χ0v) is 42.0. The first-order chi connectivity index (χ1) is 29.5. The molecule has 0 fully saturated rings. The van der Waals surface area contributed by atoms with Gasteiger partial charge < -0.3 is 10.2 Å². The van der Waals surface area contributed by atoms with Gasteiger partial charge in [-0.15, -0.1) is 0 Å². The highest BCUT2D eigenvalue weighted by molar-refractivity contribution is 5.67. The molecule has 3 atom stereocenters. The number of aliphatic hydroxyl groups is 2. The fourth-order valence-electron chi connectivity index (χ4n) is 8.94. The maximum absolute atomic E-state index is 10.3. The molecular formula is C60H84O3. The fourth-order valence-corrected chi connectivity index (χ4v) is 8.94. The molecule has 0 aliphatic heterocycles. The monoisotopic (exact) mass is 853 g/mol. The van der Waals surface area contributed by atoms with Crippen LogP contribution < -0.4 is 0 Å². The SMILES string of the molecule is CC1=C(/C=C/C(C)=C/C=C/C(C)=C/C=O)C(C)(C)CCC1.CC1=C[C@H](O)CC(C)(C)[C@H]1/C=C/C(C)=C/C=C/C(C)=C/C=C/C=C(C)/C=C/C=C(C)/C=C/C1=C(C)C[C@@H](O)CC1(C)C. The molecule has 0 unspecified atom stereocenters. The first-order valence-electron chi connectivity index (χ1n) is 23.2. The molecule has 3 heteroatoms. The lowest BCUT2D eigenvalue weighted by Crippen LogP contribution is -2.32. The zero-order chi connectivity index (χ0) is 47.4. The third-order valence-corrected chi connectivity index (χ3v) is 12.4. The molecule has 3 aliphatic carbocycles. The number of hydrogen-bond donors (Lipinski definition) is 2. The van der Waals surface area contributed by atoms with Gasteiger partial charge in [0.05, 0.1) is 12.2 Å².